The Morgan fingerprint density at radius 3 is 2.67 bits per heavy atom. The Hall–Kier alpha value is -1.18. The zero-order valence-corrected chi connectivity index (χ0v) is 13.1. The highest BCUT2D eigenvalue weighted by molar-refractivity contribution is 7.17. The fraction of sp³-hybridized carbons (Fsp3) is 0.714. The third kappa shape index (κ3) is 3.53. The van der Waals surface area contributed by atoms with Crippen LogP contribution in [0.2, 0.25) is 0 Å². The molecule has 0 aromatic carbocycles. The molecule has 1 saturated heterocycles. The number of piperazine rings is 1. The number of hydrogen-bond donors (Lipinski definition) is 1. The predicted octanol–water partition coefficient (Wildman–Crippen LogP) is 1.52. The summed E-state index contributed by atoms with van der Waals surface area (Å²) in [5, 5.41) is 10.1. The Kier molecular flexibility index (Phi) is 4.42. The highest BCUT2D eigenvalue weighted by Gasteiger charge is 2.28. The number of hydrogen-bond acceptors (Lipinski definition) is 6. The monoisotopic (exact) mass is 311 g/mol. The first-order chi connectivity index (χ1) is 10.2. The van der Waals surface area contributed by atoms with E-state index in [1.54, 1.807) is 7.11 Å². The second kappa shape index (κ2) is 6.29. The third-order valence-corrected chi connectivity index (χ3v) is 5.16. The van der Waals surface area contributed by atoms with Crippen molar-refractivity contribution in [1.29, 1.82) is 0 Å². The van der Waals surface area contributed by atoms with Crippen LogP contribution in [0.15, 0.2) is 0 Å². The summed E-state index contributed by atoms with van der Waals surface area (Å²) in [6, 6.07) is 0. The van der Waals surface area contributed by atoms with Crippen molar-refractivity contribution >= 4 is 22.4 Å². The standard InChI is InChI=1S/C14H21N3O3S/c1-20-9-11-12(13(18)19)21-14(15-11)17-6-4-16(5-7-17)8-10-2-3-10/h10H,2-9H2,1H3,(H,18,19). The van der Waals surface area contributed by atoms with Crippen molar-refractivity contribution in [3.8, 4) is 0 Å². The molecule has 21 heavy (non-hydrogen) atoms. The average Bonchev–Trinajstić information content (AvgIpc) is 3.17. The number of nitrogens with zero attached hydrogens (tertiary/aromatic N) is 3. The number of anilines is 1. The lowest BCUT2D eigenvalue weighted by molar-refractivity contribution is 0.0697. The van der Waals surface area contributed by atoms with Gasteiger partial charge in [-0.1, -0.05) is 11.3 Å². The quantitative estimate of drug-likeness (QED) is 0.859. The number of carbonyl (C=O) groups is 1. The third-order valence-electron chi connectivity index (χ3n) is 4.02. The molecule has 0 atom stereocenters. The summed E-state index contributed by atoms with van der Waals surface area (Å²) in [4.78, 5) is 20.7. The molecule has 0 bridgehead atoms. The van der Waals surface area contributed by atoms with E-state index in [0.717, 1.165) is 37.2 Å². The maximum absolute atomic E-state index is 11.3. The number of ether oxygens (including phenoxy) is 1. The number of carboxylic acid groups (broad SMARTS) is 1. The van der Waals surface area contributed by atoms with Crippen molar-refractivity contribution in [3.05, 3.63) is 10.6 Å². The van der Waals surface area contributed by atoms with Gasteiger partial charge in [0.05, 0.1) is 12.3 Å². The Morgan fingerprint density at radius 2 is 2.10 bits per heavy atom. The molecule has 2 aliphatic rings. The molecule has 1 aliphatic carbocycles. The lowest BCUT2D eigenvalue weighted by Crippen LogP contribution is -2.47. The molecule has 0 unspecified atom stereocenters. The van der Waals surface area contributed by atoms with E-state index in [2.05, 4.69) is 14.8 Å². The van der Waals surface area contributed by atoms with E-state index in [0.29, 0.717) is 10.6 Å². The van der Waals surface area contributed by atoms with Crippen LogP contribution in [0.3, 0.4) is 0 Å². The van der Waals surface area contributed by atoms with Crippen LogP contribution in [0.5, 0.6) is 0 Å². The lowest BCUT2D eigenvalue weighted by atomic mass is 10.3. The van der Waals surface area contributed by atoms with Gasteiger partial charge >= 0.3 is 5.97 Å². The van der Waals surface area contributed by atoms with Gasteiger partial charge in [0.25, 0.3) is 0 Å². The van der Waals surface area contributed by atoms with E-state index in [1.165, 1.54) is 30.7 Å². The molecule has 2 heterocycles. The summed E-state index contributed by atoms with van der Waals surface area (Å²) in [5.41, 5.74) is 0.533. The minimum absolute atomic E-state index is 0.250. The van der Waals surface area contributed by atoms with Crippen LogP contribution in [0.1, 0.15) is 28.2 Å². The van der Waals surface area contributed by atoms with Gasteiger partial charge in [-0.05, 0) is 18.8 Å². The van der Waals surface area contributed by atoms with Gasteiger partial charge < -0.3 is 14.7 Å². The van der Waals surface area contributed by atoms with Crippen molar-refractivity contribution in [3.63, 3.8) is 0 Å². The topological polar surface area (TPSA) is 65.9 Å². The van der Waals surface area contributed by atoms with Gasteiger partial charge in [-0.3, -0.25) is 4.90 Å². The van der Waals surface area contributed by atoms with Gasteiger partial charge in [0.2, 0.25) is 0 Å². The van der Waals surface area contributed by atoms with E-state index in [4.69, 9.17) is 4.74 Å². The lowest BCUT2D eigenvalue weighted by Gasteiger charge is -2.34. The zero-order valence-electron chi connectivity index (χ0n) is 12.2. The summed E-state index contributed by atoms with van der Waals surface area (Å²) in [6.07, 6.45) is 2.77. The molecule has 1 aromatic rings. The van der Waals surface area contributed by atoms with Crippen molar-refractivity contribution in [2.75, 3.05) is 44.7 Å². The van der Waals surface area contributed by atoms with Crippen molar-refractivity contribution < 1.29 is 14.6 Å². The molecule has 1 aliphatic heterocycles. The van der Waals surface area contributed by atoms with Gasteiger partial charge in [-0.25, -0.2) is 9.78 Å². The van der Waals surface area contributed by atoms with Crippen molar-refractivity contribution in [1.82, 2.24) is 9.88 Å². The van der Waals surface area contributed by atoms with Gasteiger partial charge in [-0.15, -0.1) is 0 Å². The summed E-state index contributed by atoms with van der Waals surface area (Å²) in [7, 11) is 1.56. The predicted molar refractivity (Wildman–Crippen MR) is 81.2 cm³/mol. The fourth-order valence-electron chi connectivity index (χ4n) is 2.66. The Balaban J connectivity index is 1.63. The molecule has 1 saturated carbocycles. The zero-order chi connectivity index (χ0) is 14.8. The molecule has 116 valence electrons. The first-order valence-corrected chi connectivity index (χ1v) is 8.18. The maximum atomic E-state index is 11.3. The molecule has 1 N–H and O–H groups in total. The van der Waals surface area contributed by atoms with E-state index in [-0.39, 0.29) is 6.61 Å². The molecule has 0 amide bonds. The summed E-state index contributed by atoms with van der Waals surface area (Å²) in [6.45, 7) is 5.40. The second-order valence-electron chi connectivity index (χ2n) is 5.74. The fourth-order valence-corrected chi connectivity index (χ4v) is 3.62. The highest BCUT2D eigenvalue weighted by atomic mass is 32.1. The van der Waals surface area contributed by atoms with Gasteiger partial charge in [0.1, 0.15) is 4.88 Å². The largest absolute Gasteiger partial charge is 0.477 e. The average molecular weight is 311 g/mol. The summed E-state index contributed by atoms with van der Waals surface area (Å²) < 4.78 is 5.04. The van der Waals surface area contributed by atoms with Crippen LogP contribution in [0.4, 0.5) is 5.13 Å². The van der Waals surface area contributed by atoms with Crippen molar-refractivity contribution in [2.24, 2.45) is 5.92 Å². The number of rotatable bonds is 6. The molecule has 7 heteroatoms. The van der Waals surface area contributed by atoms with E-state index >= 15 is 0 Å². The highest BCUT2D eigenvalue weighted by Crippen LogP contribution is 2.31. The molecular weight excluding hydrogens is 290 g/mol. The Morgan fingerprint density at radius 1 is 1.38 bits per heavy atom. The molecule has 6 nitrogen and oxygen atoms in total. The smallest absolute Gasteiger partial charge is 0.347 e. The van der Waals surface area contributed by atoms with Crippen LogP contribution in [0, 0.1) is 5.92 Å². The number of thiazole rings is 1. The first kappa shape index (κ1) is 14.7. The van der Waals surface area contributed by atoms with Gasteiger partial charge in [-0.2, -0.15) is 0 Å². The number of methoxy groups -OCH3 is 1. The summed E-state index contributed by atoms with van der Waals surface area (Å²) in [5.74, 6) is 0.00139. The Bertz CT molecular complexity index is 508. The van der Waals surface area contributed by atoms with E-state index in [1.807, 2.05) is 0 Å². The number of carboxylic acids is 1. The maximum Gasteiger partial charge on any atom is 0.347 e. The molecule has 1 aromatic heterocycles. The van der Waals surface area contributed by atoms with E-state index < -0.39 is 5.97 Å². The first-order valence-electron chi connectivity index (χ1n) is 7.36. The van der Waals surface area contributed by atoms with Crippen LogP contribution in [0.25, 0.3) is 0 Å². The molecule has 3 rings (SSSR count). The van der Waals surface area contributed by atoms with Gasteiger partial charge in [0.15, 0.2) is 5.13 Å². The molecule has 0 spiro atoms. The number of aromatic carboxylic acids is 1. The summed E-state index contributed by atoms with van der Waals surface area (Å²) >= 11 is 1.26. The molecule has 2 fully saturated rings. The number of aromatic nitrogens is 1. The Labute approximate surface area is 128 Å². The van der Waals surface area contributed by atoms with Gasteiger partial charge in [0, 0.05) is 39.8 Å². The second-order valence-corrected chi connectivity index (χ2v) is 6.72. The van der Waals surface area contributed by atoms with Crippen molar-refractivity contribution in [2.45, 2.75) is 19.4 Å². The molecular formula is C14H21N3O3S. The minimum Gasteiger partial charge on any atom is -0.477 e. The SMILES string of the molecule is COCc1nc(N2CCN(CC3CC3)CC2)sc1C(=O)O. The van der Waals surface area contributed by atoms with Crippen LogP contribution in [-0.4, -0.2) is 60.8 Å². The van der Waals surface area contributed by atoms with Crippen LogP contribution < -0.4 is 4.90 Å². The normalized spacial score (nSPS) is 20.0. The van der Waals surface area contributed by atoms with E-state index in [9.17, 15) is 9.90 Å². The minimum atomic E-state index is -0.918. The molecule has 0 radical (unpaired) electrons. The van der Waals surface area contributed by atoms with Crippen LogP contribution >= 0.6 is 11.3 Å². The van der Waals surface area contributed by atoms with Crippen LogP contribution in [-0.2, 0) is 11.3 Å².